The van der Waals surface area contributed by atoms with Crippen LogP contribution in [0.4, 0.5) is 0 Å². The summed E-state index contributed by atoms with van der Waals surface area (Å²) in [6, 6.07) is 0. The topological polar surface area (TPSA) is 12.5 Å². The van der Waals surface area contributed by atoms with Crippen LogP contribution >= 0.6 is 23.5 Å². The van der Waals surface area contributed by atoms with Crippen molar-refractivity contribution >= 4 is 23.5 Å². The SMILES string of the molecule is C1CN(C2CSCCS2)CCO1. The molecule has 0 saturated carbocycles. The Hall–Kier alpha value is 0.620. The van der Waals surface area contributed by atoms with Gasteiger partial charge in [0.1, 0.15) is 0 Å². The monoisotopic (exact) mass is 205 g/mol. The van der Waals surface area contributed by atoms with Gasteiger partial charge in [-0.15, -0.1) is 11.8 Å². The molecular formula is C8H15NOS2. The Labute approximate surface area is 82.4 Å². The third-order valence-electron chi connectivity index (χ3n) is 2.25. The molecule has 2 aliphatic heterocycles. The number of hydrogen-bond acceptors (Lipinski definition) is 4. The van der Waals surface area contributed by atoms with Gasteiger partial charge >= 0.3 is 0 Å². The fourth-order valence-corrected chi connectivity index (χ4v) is 4.35. The Morgan fingerprint density at radius 2 is 2.00 bits per heavy atom. The van der Waals surface area contributed by atoms with Crippen molar-refractivity contribution in [2.45, 2.75) is 5.37 Å². The summed E-state index contributed by atoms with van der Waals surface area (Å²) in [6.07, 6.45) is 0. The first-order valence-corrected chi connectivity index (χ1v) is 6.68. The van der Waals surface area contributed by atoms with Gasteiger partial charge in [-0.1, -0.05) is 0 Å². The van der Waals surface area contributed by atoms with Crippen LogP contribution in [0.25, 0.3) is 0 Å². The van der Waals surface area contributed by atoms with E-state index < -0.39 is 0 Å². The molecule has 0 aromatic heterocycles. The van der Waals surface area contributed by atoms with E-state index in [-0.39, 0.29) is 0 Å². The van der Waals surface area contributed by atoms with E-state index in [0.717, 1.165) is 31.7 Å². The predicted octanol–water partition coefficient (Wildman–Crippen LogP) is 1.12. The molecule has 0 amide bonds. The molecule has 2 saturated heterocycles. The lowest BCUT2D eigenvalue weighted by Crippen LogP contribution is -2.44. The molecule has 2 aliphatic rings. The average Bonchev–Trinajstić information content (AvgIpc) is 2.21. The lowest BCUT2D eigenvalue weighted by atomic mass is 10.4. The van der Waals surface area contributed by atoms with E-state index in [2.05, 4.69) is 28.4 Å². The average molecular weight is 205 g/mol. The summed E-state index contributed by atoms with van der Waals surface area (Å²) in [5.74, 6) is 3.98. The van der Waals surface area contributed by atoms with Gasteiger partial charge in [-0.05, 0) is 0 Å². The highest BCUT2D eigenvalue weighted by molar-refractivity contribution is 8.06. The number of morpholine rings is 1. The Kier molecular flexibility index (Phi) is 3.63. The van der Waals surface area contributed by atoms with Gasteiger partial charge in [-0.3, -0.25) is 4.90 Å². The number of hydrogen-bond donors (Lipinski definition) is 0. The summed E-state index contributed by atoms with van der Waals surface area (Å²) in [4.78, 5) is 2.57. The van der Waals surface area contributed by atoms with E-state index in [1.807, 2.05) is 0 Å². The van der Waals surface area contributed by atoms with Crippen molar-refractivity contribution in [3.63, 3.8) is 0 Å². The van der Waals surface area contributed by atoms with Crippen LogP contribution in [0.5, 0.6) is 0 Å². The summed E-state index contributed by atoms with van der Waals surface area (Å²) in [5.41, 5.74) is 0. The molecule has 0 aromatic carbocycles. The molecular weight excluding hydrogens is 190 g/mol. The lowest BCUT2D eigenvalue weighted by molar-refractivity contribution is 0.0357. The summed E-state index contributed by atoms with van der Waals surface area (Å²) < 4.78 is 5.33. The maximum atomic E-state index is 5.33. The fraction of sp³-hybridized carbons (Fsp3) is 1.00. The van der Waals surface area contributed by atoms with Crippen molar-refractivity contribution in [1.82, 2.24) is 4.90 Å². The molecule has 0 aromatic rings. The Bertz CT molecular complexity index is 117. The maximum absolute atomic E-state index is 5.33. The largest absolute Gasteiger partial charge is 0.379 e. The van der Waals surface area contributed by atoms with Gasteiger partial charge in [-0.25, -0.2) is 0 Å². The van der Waals surface area contributed by atoms with Crippen molar-refractivity contribution in [3.05, 3.63) is 0 Å². The summed E-state index contributed by atoms with van der Waals surface area (Å²) in [5, 5.41) is 0.771. The van der Waals surface area contributed by atoms with E-state index in [4.69, 9.17) is 4.74 Å². The minimum Gasteiger partial charge on any atom is -0.379 e. The molecule has 0 spiro atoms. The van der Waals surface area contributed by atoms with Gasteiger partial charge in [-0.2, -0.15) is 11.8 Å². The lowest BCUT2D eigenvalue weighted by Gasteiger charge is -2.35. The highest BCUT2D eigenvalue weighted by atomic mass is 32.2. The summed E-state index contributed by atoms with van der Waals surface area (Å²) in [6.45, 7) is 4.14. The second-order valence-corrected chi connectivity index (χ2v) is 5.48. The van der Waals surface area contributed by atoms with Crippen LogP contribution in [-0.2, 0) is 4.74 Å². The van der Waals surface area contributed by atoms with Gasteiger partial charge in [0.2, 0.25) is 0 Å². The first-order chi connectivity index (χ1) is 5.97. The third-order valence-corrected chi connectivity index (χ3v) is 5.05. The minimum atomic E-state index is 0.771. The number of ether oxygens (including phenoxy) is 1. The molecule has 4 heteroatoms. The number of rotatable bonds is 1. The second-order valence-electron chi connectivity index (χ2n) is 3.05. The highest BCUT2D eigenvalue weighted by Crippen LogP contribution is 2.26. The van der Waals surface area contributed by atoms with Crippen molar-refractivity contribution in [2.24, 2.45) is 0 Å². The summed E-state index contributed by atoms with van der Waals surface area (Å²) >= 11 is 4.21. The van der Waals surface area contributed by atoms with Gasteiger partial charge < -0.3 is 4.74 Å². The molecule has 2 nitrogen and oxygen atoms in total. The van der Waals surface area contributed by atoms with Crippen molar-refractivity contribution in [3.8, 4) is 0 Å². The van der Waals surface area contributed by atoms with Gasteiger partial charge in [0, 0.05) is 30.3 Å². The van der Waals surface area contributed by atoms with Crippen molar-refractivity contribution in [1.29, 1.82) is 0 Å². The second kappa shape index (κ2) is 4.74. The number of nitrogens with zero attached hydrogens (tertiary/aromatic N) is 1. The fourth-order valence-electron chi connectivity index (χ4n) is 1.55. The quantitative estimate of drug-likeness (QED) is 0.636. The van der Waals surface area contributed by atoms with E-state index in [9.17, 15) is 0 Å². The highest BCUT2D eigenvalue weighted by Gasteiger charge is 2.23. The van der Waals surface area contributed by atoms with Crippen LogP contribution in [0.1, 0.15) is 0 Å². The molecule has 2 fully saturated rings. The van der Waals surface area contributed by atoms with Crippen LogP contribution in [0.3, 0.4) is 0 Å². The Morgan fingerprint density at radius 1 is 1.17 bits per heavy atom. The van der Waals surface area contributed by atoms with Crippen LogP contribution in [0.15, 0.2) is 0 Å². The van der Waals surface area contributed by atoms with Crippen LogP contribution in [0.2, 0.25) is 0 Å². The van der Waals surface area contributed by atoms with Crippen LogP contribution in [-0.4, -0.2) is 53.8 Å². The standard InChI is InChI=1S/C8H15NOS2/c1-3-10-4-2-9(1)8-7-11-5-6-12-8/h8H,1-7H2. The maximum Gasteiger partial charge on any atom is 0.0650 e. The van der Waals surface area contributed by atoms with E-state index in [1.54, 1.807) is 0 Å². The van der Waals surface area contributed by atoms with Crippen LogP contribution in [0, 0.1) is 0 Å². The van der Waals surface area contributed by atoms with Crippen LogP contribution < -0.4 is 0 Å². The first-order valence-electron chi connectivity index (χ1n) is 4.48. The molecule has 0 radical (unpaired) electrons. The zero-order chi connectivity index (χ0) is 8.23. The van der Waals surface area contributed by atoms with E-state index in [0.29, 0.717) is 0 Å². The molecule has 12 heavy (non-hydrogen) atoms. The van der Waals surface area contributed by atoms with E-state index >= 15 is 0 Å². The third kappa shape index (κ3) is 2.31. The van der Waals surface area contributed by atoms with E-state index in [1.165, 1.54) is 17.3 Å². The Balaban J connectivity index is 1.80. The van der Waals surface area contributed by atoms with Gasteiger partial charge in [0.15, 0.2) is 0 Å². The van der Waals surface area contributed by atoms with Crippen molar-refractivity contribution in [2.75, 3.05) is 43.6 Å². The minimum absolute atomic E-state index is 0.771. The first kappa shape index (κ1) is 9.19. The predicted molar refractivity (Wildman–Crippen MR) is 56.0 cm³/mol. The zero-order valence-electron chi connectivity index (χ0n) is 7.20. The normalized spacial score (nSPS) is 33.5. The molecule has 1 atom stereocenters. The molecule has 0 bridgehead atoms. The summed E-state index contributed by atoms with van der Waals surface area (Å²) in [7, 11) is 0. The molecule has 1 unspecified atom stereocenters. The van der Waals surface area contributed by atoms with Gasteiger partial charge in [0.05, 0.1) is 18.6 Å². The molecule has 2 rings (SSSR count). The Morgan fingerprint density at radius 3 is 2.67 bits per heavy atom. The smallest absolute Gasteiger partial charge is 0.0650 e. The number of thioether (sulfide) groups is 2. The van der Waals surface area contributed by atoms with Crippen molar-refractivity contribution < 1.29 is 4.74 Å². The molecule has 0 N–H and O–H groups in total. The molecule has 2 heterocycles. The van der Waals surface area contributed by atoms with Gasteiger partial charge in [0.25, 0.3) is 0 Å². The molecule has 70 valence electrons. The molecule has 0 aliphatic carbocycles. The zero-order valence-corrected chi connectivity index (χ0v) is 8.83.